The fraction of sp³-hybridized carbons (Fsp3) is 0.355. The van der Waals surface area contributed by atoms with Crippen LogP contribution in [0.1, 0.15) is 80.1 Å². The maximum Gasteiger partial charge on any atom is 0.232 e. The van der Waals surface area contributed by atoms with E-state index in [0.29, 0.717) is 18.6 Å². The van der Waals surface area contributed by atoms with Gasteiger partial charge in [0.25, 0.3) is 0 Å². The summed E-state index contributed by atoms with van der Waals surface area (Å²) in [6.07, 6.45) is 1.67. The highest BCUT2D eigenvalue weighted by atomic mass is 16.5. The molecular formula is C31H36N4O3. The predicted molar refractivity (Wildman–Crippen MR) is 149 cm³/mol. The molecule has 0 spiro atoms. The Kier molecular flexibility index (Phi) is 7.49. The third kappa shape index (κ3) is 5.04. The van der Waals surface area contributed by atoms with Crippen molar-refractivity contribution in [1.29, 1.82) is 0 Å². The third-order valence-corrected chi connectivity index (χ3v) is 7.90. The Morgan fingerprint density at radius 2 is 1.71 bits per heavy atom. The van der Waals surface area contributed by atoms with E-state index < -0.39 is 17.8 Å². The fourth-order valence-corrected chi connectivity index (χ4v) is 5.59. The molecule has 4 N–H and O–H groups in total. The van der Waals surface area contributed by atoms with Crippen LogP contribution < -0.4 is 15.8 Å². The van der Waals surface area contributed by atoms with Crippen molar-refractivity contribution in [2.45, 2.75) is 63.4 Å². The van der Waals surface area contributed by atoms with Crippen LogP contribution in [0.15, 0.2) is 83.9 Å². The summed E-state index contributed by atoms with van der Waals surface area (Å²) in [6, 6.07) is 25.0. The molecule has 0 aromatic heterocycles. The second kappa shape index (κ2) is 11.0. The lowest BCUT2D eigenvalue weighted by molar-refractivity contribution is -0.131. The number of carbonyl (C=O) groups is 1. The summed E-state index contributed by atoms with van der Waals surface area (Å²) in [5, 5.41) is 14.6. The number of fused-ring (bicyclic) bond motifs is 1. The van der Waals surface area contributed by atoms with Gasteiger partial charge in [0.05, 0.1) is 24.6 Å². The zero-order valence-electron chi connectivity index (χ0n) is 22.0. The second-order valence-electron chi connectivity index (χ2n) is 10.1. The molecule has 0 aliphatic carbocycles. The second-order valence-corrected chi connectivity index (χ2v) is 10.1. The van der Waals surface area contributed by atoms with E-state index in [9.17, 15) is 9.90 Å². The molecular weight excluding hydrogens is 476 g/mol. The predicted octanol–water partition coefficient (Wildman–Crippen LogP) is 4.99. The Hall–Kier alpha value is -3.68. The molecule has 0 saturated carbocycles. The Labute approximate surface area is 224 Å². The number of nitrogens with one attached hydrogen (secondary N) is 1. The molecule has 3 aromatic carbocycles. The molecule has 0 bridgehead atoms. The van der Waals surface area contributed by atoms with Gasteiger partial charge in [0.2, 0.25) is 5.91 Å². The van der Waals surface area contributed by atoms with Crippen molar-refractivity contribution in [3.05, 3.63) is 101 Å². The molecule has 0 fully saturated rings. The van der Waals surface area contributed by atoms with Crippen LogP contribution in [0, 0.1) is 0 Å². The van der Waals surface area contributed by atoms with Crippen LogP contribution in [0.5, 0.6) is 5.75 Å². The van der Waals surface area contributed by atoms with Crippen LogP contribution in [0.4, 0.5) is 0 Å². The molecule has 2 heterocycles. The number of nitrogens with zero attached hydrogens (tertiary/aromatic N) is 2. The summed E-state index contributed by atoms with van der Waals surface area (Å²) >= 11 is 0. The van der Waals surface area contributed by atoms with Crippen LogP contribution in [-0.2, 0) is 4.79 Å². The molecule has 0 radical (unpaired) electrons. The molecule has 3 atom stereocenters. The van der Waals surface area contributed by atoms with E-state index in [2.05, 4.69) is 5.32 Å². The van der Waals surface area contributed by atoms with E-state index in [-0.39, 0.29) is 17.9 Å². The average Bonchev–Trinajstić information content (AvgIpc) is 2.95. The highest BCUT2D eigenvalue weighted by Gasteiger charge is 2.41. The number of aliphatic hydroxyl groups excluding tert-OH is 1. The molecule has 38 heavy (non-hydrogen) atoms. The minimum absolute atomic E-state index is 0.0359. The highest BCUT2D eigenvalue weighted by molar-refractivity contribution is 6.00. The number of para-hydroxylation sites is 1. The molecule has 5 rings (SSSR count). The number of hydrogen-bond acceptors (Lipinski definition) is 6. The van der Waals surface area contributed by atoms with Gasteiger partial charge in [-0.1, -0.05) is 80.6 Å². The Balaban J connectivity index is 1.48. The topological polar surface area (TPSA) is 100 Å². The fourth-order valence-electron chi connectivity index (χ4n) is 5.59. The van der Waals surface area contributed by atoms with Gasteiger partial charge in [-0.25, -0.2) is 4.99 Å². The average molecular weight is 513 g/mol. The summed E-state index contributed by atoms with van der Waals surface area (Å²) < 4.78 is 5.78. The first-order valence-electron chi connectivity index (χ1n) is 13.4. The summed E-state index contributed by atoms with van der Waals surface area (Å²) in [5.41, 5.74) is 9.59. The van der Waals surface area contributed by atoms with Gasteiger partial charge >= 0.3 is 0 Å². The minimum Gasteiger partial charge on any atom is -0.493 e. The molecule has 0 saturated heterocycles. The molecule has 1 amide bonds. The first kappa shape index (κ1) is 25.9. The van der Waals surface area contributed by atoms with Crippen molar-refractivity contribution in [2.24, 2.45) is 10.7 Å². The Morgan fingerprint density at radius 3 is 2.45 bits per heavy atom. The van der Waals surface area contributed by atoms with E-state index in [0.717, 1.165) is 41.7 Å². The number of aliphatic imine (C=N–C) groups is 1. The monoisotopic (exact) mass is 512 g/mol. The smallest absolute Gasteiger partial charge is 0.232 e. The normalized spacial score (nSPS) is 20.2. The lowest BCUT2D eigenvalue weighted by Crippen LogP contribution is -2.52. The number of rotatable bonds is 8. The maximum absolute atomic E-state index is 13.6. The van der Waals surface area contributed by atoms with Crippen molar-refractivity contribution in [3.63, 3.8) is 0 Å². The lowest BCUT2D eigenvalue weighted by atomic mass is 9.86. The number of ether oxygens (including phenoxy) is 1. The van der Waals surface area contributed by atoms with Gasteiger partial charge in [0, 0.05) is 18.0 Å². The van der Waals surface area contributed by atoms with Crippen molar-refractivity contribution >= 4 is 11.9 Å². The number of nitrogens with two attached hydrogens (primary N) is 1. The molecule has 2 unspecified atom stereocenters. The number of aliphatic hydroxyl groups is 1. The van der Waals surface area contributed by atoms with Gasteiger partial charge in [-0.2, -0.15) is 0 Å². The third-order valence-electron chi connectivity index (χ3n) is 7.90. The van der Waals surface area contributed by atoms with Crippen LogP contribution in [0.25, 0.3) is 0 Å². The lowest BCUT2D eigenvalue weighted by Gasteiger charge is -2.40. The SMILES string of the molecule is CCC1(CC)CC(=O)N(C(c2ccccc2)c2cccc(C(O)N[C@@H]3CCOc4ccccc43)c2)C(N)=N1. The van der Waals surface area contributed by atoms with Gasteiger partial charge in [-0.15, -0.1) is 0 Å². The molecule has 3 aromatic rings. The first-order valence-corrected chi connectivity index (χ1v) is 13.4. The van der Waals surface area contributed by atoms with E-state index in [4.69, 9.17) is 15.5 Å². The molecule has 2 aliphatic rings. The zero-order chi connectivity index (χ0) is 26.7. The first-order chi connectivity index (χ1) is 18.4. The molecule has 2 aliphatic heterocycles. The van der Waals surface area contributed by atoms with Gasteiger partial charge in [-0.3, -0.25) is 15.0 Å². The van der Waals surface area contributed by atoms with Crippen molar-refractivity contribution in [3.8, 4) is 5.75 Å². The number of amides is 1. The van der Waals surface area contributed by atoms with Crippen molar-refractivity contribution in [1.82, 2.24) is 10.2 Å². The molecule has 198 valence electrons. The van der Waals surface area contributed by atoms with E-state index in [1.54, 1.807) is 4.90 Å². The van der Waals surface area contributed by atoms with E-state index in [1.165, 1.54) is 0 Å². The Bertz CT molecular complexity index is 1310. The van der Waals surface area contributed by atoms with E-state index >= 15 is 0 Å². The highest BCUT2D eigenvalue weighted by Crippen LogP contribution is 2.37. The van der Waals surface area contributed by atoms with Crippen molar-refractivity contribution in [2.75, 3.05) is 6.61 Å². The van der Waals surface area contributed by atoms with Crippen LogP contribution >= 0.6 is 0 Å². The summed E-state index contributed by atoms with van der Waals surface area (Å²) in [4.78, 5) is 20.1. The number of hydrogen-bond donors (Lipinski definition) is 3. The van der Waals surface area contributed by atoms with Crippen LogP contribution in [0.3, 0.4) is 0 Å². The van der Waals surface area contributed by atoms with Gasteiger partial charge in [0.15, 0.2) is 5.96 Å². The van der Waals surface area contributed by atoms with Gasteiger partial charge < -0.3 is 15.6 Å². The Morgan fingerprint density at radius 1 is 1.03 bits per heavy atom. The van der Waals surface area contributed by atoms with Gasteiger partial charge in [-0.05, 0) is 41.7 Å². The summed E-state index contributed by atoms with van der Waals surface area (Å²) in [5.74, 6) is 1.04. The van der Waals surface area contributed by atoms with Crippen LogP contribution in [0.2, 0.25) is 0 Å². The zero-order valence-corrected chi connectivity index (χ0v) is 22.0. The van der Waals surface area contributed by atoms with Gasteiger partial charge in [0.1, 0.15) is 12.0 Å². The molecule has 7 nitrogen and oxygen atoms in total. The number of benzene rings is 3. The number of carbonyl (C=O) groups excluding carboxylic acids is 1. The maximum atomic E-state index is 13.6. The summed E-state index contributed by atoms with van der Waals surface area (Å²) in [7, 11) is 0. The van der Waals surface area contributed by atoms with Crippen molar-refractivity contribution < 1.29 is 14.6 Å². The van der Waals surface area contributed by atoms with E-state index in [1.807, 2.05) is 92.7 Å². The standard InChI is InChI=1S/C31H36N4O3/c1-3-31(4-2)20-27(36)35(30(32)34-31)28(21-11-6-5-7-12-21)22-13-10-14-23(19-22)29(37)33-25-17-18-38-26-16-9-8-15-24(25)26/h5-16,19,25,28-29,33,37H,3-4,17-18,20H2,1-2H3,(H2,32,34)/t25-,28?,29?/m1/s1. The quantitative estimate of drug-likeness (QED) is 0.370. The largest absolute Gasteiger partial charge is 0.493 e. The minimum atomic E-state index is -0.904. The summed E-state index contributed by atoms with van der Waals surface area (Å²) in [6.45, 7) is 4.68. The van der Waals surface area contributed by atoms with Crippen LogP contribution in [-0.4, -0.2) is 34.0 Å². The number of guanidine groups is 1. The molecule has 7 heteroatoms.